The molecule has 0 aliphatic carbocycles. The van der Waals surface area contributed by atoms with Crippen molar-refractivity contribution in [2.45, 2.75) is 25.1 Å². The van der Waals surface area contributed by atoms with Gasteiger partial charge in [0, 0.05) is 22.4 Å². The summed E-state index contributed by atoms with van der Waals surface area (Å²) in [5.41, 5.74) is 2.40. The standard InChI is InChI=1S/C18H20BrNOS/c1-14(15-7-3-2-4-8-15)20-18(21)11-12-22-13-16-9-5-6-10-17(16)19/h2-10,14H,11-13H2,1H3,(H,20,21)/t14-/m0/s1. The van der Waals surface area contributed by atoms with Crippen LogP contribution in [0.15, 0.2) is 59.1 Å². The molecular weight excluding hydrogens is 358 g/mol. The van der Waals surface area contributed by atoms with Crippen LogP contribution in [-0.4, -0.2) is 11.7 Å². The van der Waals surface area contributed by atoms with Gasteiger partial charge in [0.05, 0.1) is 6.04 Å². The fraction of sp³-hybridized carbons (Fsp3) is 0.278. The highest BCUT2D eigenvalue weighted by molar-refractivity contribution is 9.10. The second kappa shape index (κ2) is 9.01. The van der Waals surface area contributed by atoms with Gasteiger partial charge in [-0.1, -0.05) is 64.5 Å². The summed E-state index contributed by atoms with van der Waals surface area (Å²) in [7, 11) is 0. The third kappa shape index (κ3) is 5.50. The largest absolute Gasteiger partial charge is 0.350 e. The van der Waals surface area contributed by atoms with Crippen LogP contribution in [0.1, 0.15) is 30.5 Å². The number of carbonyl (C=O) groups is 1. The third-order valence-electron chi connectivity index (χ3n) is 3.37. The molecule has 4 heteroatoms. The van der Waals surface area contributed by atoms with Gasteiger partial charge in [-0.2, -0.15) is 11.8 Å². The number of carbonyl (C=O) groups excluding carboxylic acids is 1. The quantitative estimate of drug-likeness (QED) is 0.691. The van der Waals surface area contributed by atoms with Gasteiger partial charge in [-0.05, 0) is 24.1 Å². The lowest BCUT2D eigenvalue weighted by molar-refractivity contribution is -0.121. The molecule has 0 spiro atoms. The lowest BCUT2D eigenvalue weighted by Gasteiger charge is -2.14. The van der Waals surface area contributed by atoms with Gasteiger partial charge in [-0.25, -0.2) is 0 Å². The second-order valence-corrected chi connectivity index (χ2v) is 7.05. The fourth-order valence-electron chi connectivity index (χ4n) is 2.10. The number of halogens is 1. The predicted molar refractivity (Wildman–Crippen MR) is 97.9 cm³/mol. The Kier molecular flexibility index (Phi) is 7.00. The molecule has 116 valence electrons. The summed E-state index contributed by atoms with van der Waals surface area (Å²) in [6, 6.07) is 18.3. The molecule has 0 saturated carbocycles. The Morgan fingerprint density at radius 2 is 1.82 bits per heavy atom. The summed E-state index contributed by atoms with van der Waals surface area (Å²) in [5, 5.41) is 3.04. The van der Waals surface area contributed by atoms with E-state index in [1.165, 1.54) is 5.56 Å². The average Bonchev–Trinajstić information content (AvgIpc) is 2.54. The van der Waals surface area contributed by atoms with Crippen molar-refractivity contribution in [2.75, 3.05) is 5.75 Å². The van der Waals surface area contributed by atoms with Gasteiger partial charge < -0.3 is 5.32 Å². The molecule has 2 nitrogen and oxygen atoms in total. The van der Waals surface area contributed by atoms with E-state index in [9.17, 15) is 4.79 Å². The van der Waals surface area contributed by atoms with E-state index in [4.69, 9.17) is 0 Å². The highest BCUT2D eigenvalue weighted by atomic mass is 79.9. The number of thioether (sulfide) groups is 1. The van der Waals surface area contributed by atoms with E-state index in [0.29, 0.717) is 6.42 Å². The molecule has 2 aromatic carbocycles. The van der Waals surface area contributed by atoms with Crippen LogP contribution in [0.2, 0.25) is 0 Å². The van der Waals surface area contributed by atoms with E-state index in [-0.39, 0.29) is 11.9 Å². The summed E-state index contributed by atoms with van der Waals surface area (Å²) >= 11 is 5.32. The average molecular weight is 378 g/mol. The maximum atomic E-state index is 12.0. The van der Waals surface area contributed by atoms with Gasteiger partial charge in [0.15, 0.2) is 0 Å². The Bertz CT molecular complexity index is 603. The molecule has 1 atom stereocenters. The van der Waals surface area contributed by atoms with Crippen LogP contribution >= 0.6 is 27.7 Å². The van der Waals surface area contributed by atoms with Gasteiger partial charge in [0.1, 0.15) is 0 Å². The molecular formula is C18H20BrNOS. The Morgan fingerprint density at radius 1 is 1.14 bits per heavy atom. The first kappa shape index (κ1) is 17.1. The van der Waals surface area contributed by atoms with Crippen LogP contribution in [0.5, 0.6) is 0 Å². The molecule has 0 saturated heterocycles. The zero-order valence-electron chi connectivity index (χ0n) is 12.6. The normalized spacial score (nSPS) is 11.9. The fourth-order valence-corrected chi connectivity index (χ4v) is 3.66. The molecule has 1 N–H and O–H groups in total. The molecule has 0 heterocycles. The minimum absolute atomic E-state index is 0.0574. The van der Waals surface area contributed by atoms with Gasteiger partial charge in [-0.3, -0.25) is 4.79 Å². The van der Waals surface area contributed by atoms with E-state index < -0.39 is 0 Å². The first-order valence-corrected chi connectivity index (χ1v) is 9.27. The van der Waals surface area contributed by atoms with Crippen molar-refractivity contribution in [1.82, 2.24) is 5.32 Å². The lowest BCUT2D eigenvalue weighted by Crippen LogP contribution is -2.26. The van der Waals surface area contributed by atoms with Crippen LogP contribution < -0.4 is 5.32 Å². The minimum atomic E-state index is 0.0574. The van der Waals surface area contributed by atoms with Crippen molar-refractivity contribution in [3.8, 4) is 0 Å². The first-order chi connectivity index (χ1) is 10.7. The number of amides is 1. The van der Waals surface area contributed by atoms with Crippen molar-refractivity contribution in [3.63, 3.8) is 0 Å². The van der Waals surface area contributed by atoms with Gasteiger partial charge in [0.2, 0.25) is 5.91 Å². The van der Waals surface area contributed by atoms with Crippen molar-refractivity contribution in [3.05, 3.63) is 70.2 Å². The smallest absolute Gasteiger partial charge is 0.221 e. The molecule has 1 amide bonds. The monoisotopic (exact) mass is 377 g/mol. The lowest BCUT2D eigenvalue weighted by atomic mass is 10.1. The summed E-state index contributed by atoms with van der Waals surface area (Å²) in [6.45, 7) is 2.02. The second-order valence-electron chi connectivity index (χ2n) is 5.09. The van der Waals surface area contributed by atoms with Crippen LogP contribution in [0.4, 0.5) is 0 Å². The Balaban J connectivity index is 1.69. The molecule has 0 unspecified atom stereocenters. The highest BCUT2D eigenvalue weighted by Crippen LogP contribution is 2.21. The summed E-state index contributed by atoms with van der Waals surface area (Å²) in [5.74, 6) is 1.86. The predicted octanol–water partition coefficient (Wildman–Crippen LogP) is 4.95. The van der Waals surface area contributed by atoms with Gasteiger partial charge >= 0.3 is 0 Å². The van der Waals surface area contributed by atoms with E-state index in [2.05, 4.69) is 27.3 Å². The zero-order valence-corrected chi connectivity index (χ0v) is 15.0. The first-order valence-electron chi connectivity index (χ1n) is 7.32. The zero-order chi connectivity index (χ0) is 15.8. The topological polar surface area (TPSA) is 29.1 Å². The minimum Gasteiger partial charge on any atom is -0.350 e. The Labute approximate surface area is 144 Å². The molecule has 0 bridgehead atoms. The van der Waals surface area contributed by atoms with E-state index in [1.807, 2.05) is 55.5 Å². The Hall–Kier alpha value is -1.26. The van der Waals surface area contributed by atoms with Crippen molar-refractivity contribution in [1.29, 1.82) is 0 Å². The van der Waals surface area contributed by atoms with Crippen molar-refractivity contribution < 1.29 is 4.79 Å². The Morgan fingerprint density at radius 3 is 2.55 bits per heavy atom. The van der Waals surface area contributed by atoms with E-state index in [0.717, 1.165) is 21.5 Å². The van der Waals surface area contributed by atoms with E-state index >= 15 is 0 Å². The SMILES string of the molecule is C[C@H](NC(=O)CCSCc1ccccc1Br)c1ccccc1. The molecule has 2 aromatic rings. The van der Waals surface area contributed by atoms with Crippen molar-refractivity contribution >= 4 is 33.6 Å². The number of hydrogen-bond donors (Lipinski definition) is 1. The van der Waals surface area contributed by atoms with Crippen LogP contribution in [0, 0.1) is 0 Å². The van der Waals surface area contributed by atoms with Gasteiger partial charge in [0.25, 0.3) is 0 Å². The third-order valence-corrected chi connectivity index (χ3v) is 5.15. The summed E-state index contributed by atoms with van der Waals surface area (Å²) < 4.78 is 1.13. The summed E-state index contributed by atoms with van der Waals surface area (Å²) in [6.07, 6.45) is 0.548. The molecule has 22 heavy (non-hydrogen) atoms. The maximum absolute atomic E-state index is 12.0. The number of rotatable bonds is 7. The highest BCUT2D eigenvalue weighted by Gasteiger charge is 2.09. The van der Waals surface area contributed by atoms with Crippen LogP contribution in [0.25, 0.3) is 0 Å². The van der Waals surface area contributed by atoms with Crippen LogP contribution in [0.3, 0.4) is 0 Å². The van der Waals surface area contributed by atoms with E-state index in [1.54, 1.807) is 11.8 Å². The number of hydrogen-bond acceptors (Lipinski definition) is 2. The van der Waals surface area contributed by atoms with Crippen LogP contribution in [-0.2, 0) is 10.5 Å². The molecule has 0 aliphatic heterocycles. The maximum Gasteiger partial charge on any atom is 0.221 e. The van der Waals surface area contributed by atoms with Crippen molar-refractivity contribution in [2.24, 2.45) is 0 Å². The summed E-state index contributed by atoms with van der Waals surface area (Å²) in [4.78, 5) is 12.0. The number of benzene rings is 2. The number of nitrogens with one attached hydrogen (secondary N) is 1. The van der Waals surface area contributed by atoms with Gasteiger partial charge in [-0.15, -0.1) is 0 Å². The molecule has 0 aliphatic rings. The molecule has 0 radical (unpaired) electrons. The molecule has 0 aromatic heterocycles. The molecule has 2 rings (SSSR count). The molecule has 0 fully saturated rings.